The van der Waals surface area contributed by atoms with Gasteiger partial charge in [-0.1, -0.05) is 0 Å². The average Bonchev–Trinajstić information content (AvgIpc) is 3.08. The van der Waals surface area contributed by atoms with Crippen molar-refractivity contribution < 1.29 is 4.79 Å². The molecular formula is C15H22N4O. The summed E-state index contributed by atoms with van der Waals surface area (Å²) in [6.45, 7) is 3.97. The highest BCUT2D eigenvalue weighted by atomic mass is 16.1. The zero-order valence-electron chi connectivity index (χ0n) is 11.9. The molecular weight excluding hydrogens is 252 g/mol. The number of amides is 1. The molecule has 2 aliphatic heterocycles. The minimum atomic E-state index is -0.379. The zero-order valence-corrected chi connectivity index (χ0v) is 11.9. The van der Waals surface area contributed by atoms with Crippen LogP contribution in [-0.2, 0) is 0 Å². The van der Waals surface area contributed by atoms with Gasteiger partial charge < -0.3 is 16.0 Å². The summed E-state index contributed by atoms with van der Waals surface area (Å²) in [6.07, 6.45) is 6.52. The SMILES string of the molecule is Cc1ccnc(N2CCCC2C2CCCN2)c1C(N)=O. The van der Waals surface area contributed by atoms with Crippen LogP contribution in [0.5, 0.6) is 0 Å². The number of aryl methyl sites for hydroxylation is 1. The Bertz CT molecular complexity index is 511. The lowest BCUT2D eigenvalue weighted by Gasteiger charge is -2.31. The number of nitrogens with two attached hydrogens (primary N) is 1. The van der Waals surface area contributed by atoms with E-state index in [-0.39, 0.29) is 5.91 Å². The highest BCUT2D eigenvalue weighted by Gasteiger charge is 2.35. The smallest absolute Gasteiger partial charge is 0.252 e. The summed E-state index contributed by atoms with van der Waals surface area (Å²) in [4.78, 5) is 18.5. The van der Waals surface area contributed by atoms with Crippen LogP contribution in [0.3, 0.4) is 0 Å². The van der Waals surface area contributed by atoms with E-state index in [0.29, 0.717) is 17.6 Å². The van der Waals surface area contributed by atoms with Crippen LogP contribution >= 0.6 is 0 Å². The van der Waals surface area contributed by atoms with Gasteiger partial charge in [-0.25, -0.2) is 4.98 Å². The summed E-state index contributed by atoms with van der Waals surface area (Å²) < 4.78 is 0. The van der Waals surface area contributed by atoms with E-state index in [1.807, 2.05) is 13.0 Å². The third-order valence-electron chi connectivity index (χ3n) is 4.52. The molecule has 0 saturated carbocycles. The van der Waals surface area contributed by atoms with Crippen molar-refractivity contribution in [3.05, 3.63) is 23.4 Å². The number of primary amides is 1. The van der Waals surface area contributed by atoms with Crippen LogP contribution in [0, 0.1) is 6.92 Å². The van der Waals surface area contributed by atoms with Gasteiger partial charge in [-0.2, -0.15) is 0 Å². The van der Waals surface area contributed by atoms with E-state index in [1.165, 1.54) is 12.8 Å². The molecule has 0 radical (unpaired) electrons. The van der Waals surface area contributed by atoms with Crippen LogP contribution in [0.4, 0.5) is 5.82 Å². The summed E-state index contributed by atoms with van der Waals surface area (Å²) in [7, 11) is 0. The largest absolute Gasteiger partial charge is 0.365 e. The lowest BCUT2D eigenvalue weighted by atomic mass is 10.0. The zero-order chi connectivity index (χ0) is 14.1. The molecule has 0 aromatic carbocycles. The minimum Gasteiger partial charge on any atom is -0.365 e. The van der Waals surface area contributed by atoms with Gasteiger partial charge in [-0.3, -0.25) is 4.79 Å². The molecule has 3 rings (SSSR count). The third kappa shape index (κ3) is 2.26. The van der Waals surface area contributed by atoms with E-state index in [1.54, 1.807) is 6.20 Å². The lowest BCUT2D eigenvalue weighted by Crippen LogP contribution is -2.45. The summed E-state index contributed by atoms with van der Waals surface area (Å²) in [5, 5.41) is 3.58. The molecule has 5 nitrogen and oxygen atoms in total. The topological polar surface area (TPSA) is 71.2 Å². The molecule has 2 atom stereocenters. The van der Waals surface area contributed by atoms with Crippen molar-refractivity contribution >= 4 is 11.7 Å². The number of pyridine rings is 1. The molecule has 2 saturated heterocycles. The molecule has 0 aliphatic carbocycles. The number of carbonyl (C=O) groups excluding carboxylic acids is 1. The summed E-state index contributed by atoms with van der Waals surface area (Å²) in [5.74, 6) is 0.393. The first-order valence-electron chi connectivity index (χ1n) is 7.44. The first kappa shape index (κ1) is 13.4. The van der Waals surface area contributed by atoms with Gasteiger partial charge >= 0.3 is 0 Å². The highest BCUT2D eigenvalue weighted by molar-refractivity contribution is 5.99. The molecule has 1 aromatic rings. The second kappa shape index (κ2) is 5.40. The Kier molecular flexibility index (Phi) is 3.61. The van der Waals surface area contributed by atoms with E-state index in [2.05, 4.69) is 15.2 Å². The van der Waals surface area contributed by atoms with Crippen LogP contribution in [0.15, 0.2) is 12.3 Å². The van der Waals surface area contributed by atoms with Gasteiger partial charge in [0, 0.05) is 24.8 Å². The van der Waals surface area contributed by atoms with Crippen molar-refractivity contribution in [2.75, 3.05) is 18.0 Å². The Balaban J connectivity index is 1.95. The molecule has 3 N–H and O–H groups in total. The van der Waals surface area contributed by atoms with Gasteiger partial charge in [0.25, 0.3) is 5.91 Å². The first-order chi connectivity index (χ1) is 9.68. The summed E-state index contributed by atoms with van der Waals surface area (Å²) in [5.41, 5.74) is 7.05. The molecule has 2 fully saturated rings. The van der Waals surface area contributed by atoms with E-state index in [0.717, 1.165) is 37.3 Å². The maximum Gasteiger partial charge on any atom is 0.252 e. The fourth-order valence-electron chi connectivity index (χ4n) is 3.58. The van der Waals surface area contributed by atoms with Gasteiger partial charge in [0.1, 0.15) is 5.82 Å². The molecule has 0 spiro atoms. The van der Waals surface area contributed by atoms with Crippen LogP contribution in [-0.4, -0.2) is 36.1 Å². The number of nitrogens with zero attached hydrogens (tertiary/aromatic N) is 2. The van der Waals surface area contributed by atoms with Gasteiger partial charge in [-0.15, -0.1) is 0 Å². The van der Waals surface area contributed by atoms with Crippen molar-refractivity contribution in [3.8, 4) is 0 Å². The summed E-state index contributed by atoms with van der Waals surface area (Å²) in [6, 6.07) is 2.80. The van der Waals surface area contributed by atoms with Crippen LogP contribution in [0.2, 0.25) is 0 Å². The van der Waals surface area contributed by atoms with E-state index >= 15 is 0 Å². The van der Waals surface area contributed by atoms with Crippen molar-refractivity contribution in [2.24, 2.45) is 5.73 Å². The molecule has 5 heteroatoms. The Hall–Kier alpha value is -1.62. The molecule has 1 aromatic heterocycles. The number of carbonyl (C=O) groups is 1. The fraction of sp³-hybridized carbons (Fsp3) is 0.600. The molecule has 20 heavy (non-hydrogen) atoms. The number of hydrogen-bond donors (Lipinski definition) is 2. The third-order valence-corrected chi connectivity index (χ3v) is 4.52. The first-order valence-corrected chi connectivity index (χ1v) is 7.44. The lowest BCUT2D eigenvalue weighted by molar-refractivity contribution is 0.1000. The number of nitrogens with one attached hydrogen (secondary N) is 1. The number of aromatic nitrogens is 1. The Labute approximate surface area is 119 Å². The summed E-state index contributed by atoms with van der Waals surface area (Å²) >= 11 is 0. The maximum atomic E-state index is 11.8. The van der Waals surface area contributed by atoms with Crippen LogP contribution < -0.4 is 16.0 Å². The average molecular weight is 274 g/mol. The molecule has 108 valence electrons. The molecule has 0 bridgehead atoms. The van der Waals surface area contributed by atoms with Crippen LogP contribution in [0.25, 0.3) is 0 Å². The second-order valence-corrected chi connectivity index (χ2v) is 5.80. The predicted octanol–water partition coefficient (Wildman–Crippen LogP) is 1.21. The van der Waals surface area contributed by atoms with E-state index < -0.39 is 0 Å². The predicted molar refractivity (Wildman–Crippen MR) is 78.9 cm³/mol. The monoisotopic (exact) mass is 274 g/mol. The molecule has 2 aliphatic rings. The number of hydrogen-bond acceptors (Lipinski definition) is 4. The van der Waals surface area contributed by atoms with Crippen molar-refractivity contribution in [1.29, 1.82) is 0 Å². The van der Waals surface area contributed by atoms with Gasteiger partial charge in [0.05, 0.1) is 5.56 Å². The van der Waals surface area contributed by atoms with E-state index in [4.69, 9.17) is 5.73 Å². The molecule has 2 unspecified atom stereocenters. The van der Waals surface area contributed by atoms with Crippen molar-refractivity contribution in [2.45, 2.75) is 44.7 Å². The van der Waals surface area contributed by atoms with E-state index in [9.17, 15) is 4.79 Å². The molecule has 1 amide bonds. The maximum absolute atomic E-state index is 11.8. The standard InChI is InChI=1S/C15H22N4O/c1-10-6-8-18-15(13(10)14(16)20)19-9-3-5-12(19)11-4-2-7-17-11/h6,8,11-12,17H,2-5,7,9H2,1H3,(H2,16,20). The fourth-order valence-corrected chi connectivity index (χ4v) is 3.58. The Morgan fingerprint density at radius 3 is 3.00 bits per heavy atom. The minimum absolute atomic E-state index is 0.379. The quantitative estimate of drug-likeness (QED) is 0.869. The Morgan fingerprint density at radius 2 is 2.30 bits per heavy atom. The van der Waals surface area contributed by atoms with Crippen LogP contribution in [0.1, 0.15) is 41.6 Å². The van der Waals surface area contributed by atoms with Gasteiger partial charge in [0.15, 0.2) is 0 Å². The Morgan fingerprint density at radius 1 is 1.45 bits per heavy atom. The van der Waals surface area contributed by atoms with Gasteiger partial charge in [-0.05, 0) is 50.8 Å². The van der Waals surface area contributed by atoms with Crippen molar-refractivity contribution in [1.82, 2.24) is 10.3 Å². The van der Waals surface area contributed by atoms with Gasteiger partial charge in [0.2, 0.25) is 0 Å². The highest BCUT2D eigenvalue weighted by Crippen LogP contribution is 2.31. The molecule has 3 heterocycles. The normalized spacial score (nSPS) is 26.1. The number of rotatable bonds is 3. The second-order valence-electron chi connectivity index (χ2n) is 5.80. The number of anilines is 1. The van der Waals surface area contributed by atoms with Crippen molar-refractivity contribution in [3.63, 3.8) is 0 Å².